The Kier molecular flexibility index (Phi) is 7.09. The molecule has 0 saturated carbocycles. The molecule has 0 spiro atoms. The molecule has 3 heteroatoms. The Labute approximate surface area is 139 Å². The molecule has 128 valence electrons. The van der Waals surface area contributed by atoms with Crippen molar-refractivity contribution in [3.8, 4) is 0 Å². The molecule has 0 N–H and O–H groups in total. The van der Waals surface area contributed by atoms with Crippen LogP contribution in [0.2, 0.25) is 18.1 Å². The van der Waals surface area contributed by atoms with Crippen LogP contribution in [-0.2, 0) is 9.16 Å². The van der Waals surface area contributed by atoms with Crippen LogP contribution in [0.4, 0.5) is 0 Å². The first-order valence-corrected chi connectivity index (χ1v) is 11.5. The van der Waals surface area contributed by atoms with Crippen LogP contribution in [0, 0.1) is 11.8 Å². The average molecular weight is 325 g/mol. The van der Waals surface area contributed by atoms with Crippen molar-refractivity contribution in [3.63, 3.8) is 0 Å². The summed E-state index contributed by atoms with van der Waals surface area (Å²) < 4.78 is 11.8. The van der Waals surface area contributed by atoms with Crippen LogP contribution in [0.25, 0.3) is 0 Å². The smallest absolute Gasteiger partial charge is 0.192 e. The third-order valence-corrected chi connectivity index (χ3v) is 9.63. The third kappa shape index (κ3) is 5.67. The van der Waals surface area contributed by atoms with Crippen molar-refractivity contribution < 1.29 is 9.16 Å². The van der Waals surface area contributed by atoms with E-state index in [0.29, 0.717) is 11.8 Å². The number of methoxy groups -OCH3 is 1. The van der Waals surface area contributed by atoms with Crippen LogP contribution >= 0.6 is 0 Å². The van der Waals surface area contributed by atoms with Gasteiger partial charge in [-0.05, 0) is 42.5 Å². The highest BCUT2D eigenvalue weighted by molar-refractivity contribution is 6.74. The molecule has 0 aromatic carbocycles. The van der Waals surface area contributed by atoms with Gasteiger partial charge in [0.05, 0.1) is 6.61 Å². The summed E-state index contributed by atoms with van der Waals surface area (Å²) in [5, 5.41) is 0.265. The lowest BCUT2D eigenvalue weighted by molar-refractivity contribution is 0.221. The maximum absolute atomic E-state index is 6.45. The number of hydrogen-bond acceptors (Lipinski definition) is 2. The molecule has 1 aliphatic rings. The molecule has 0 saturated heterocycles. The van der Waals surface area contributed by atoms with E-state index in [2.05, 4.69) is 59.9 Å². The minimum absolute atomic E-state index is 0.265. The quantitative estimate of drug-likeness (QED) is 0.469. The summed E-state index contributed by atoms with van der Waals surface area (Å²) in [6.45, 7) is 17.7. The summed E-state index contributed by atoms with van der Waals surface area (Å²) >= 11 is 0. The molecule has 1 atom stereocenters. The number of rotatable bonds is 6. The van der Waals surface area contributed by atoms with E-state index in [9.17, 15) is 0 Å². The summed E-state index contributed by atoms with van der Waals surface area (Å²) in [4.78, 5) is 0. The molecule has 0 aliphatic heterocycles. The standard InChI is InChI=1S/C19H36O2Si/c1-15(2)18-10-9-16(13-20-6)11-17(12-18)14-21-22(7,8)19(3,4)5/h11-12,15,17H,9-10,13-14H2,1-8H3. The Bertz CT molecular complexity index is 414. The fraction of sp³-hybridized carbons (Fsp3) is 0.789. The Morgan fingerprint density at radius 2 is 1.82 bits per heavy atom. The topological polar surface area (TPSA) is 18.5 Å². The molecular weight excluding hydrogens is 288 g/mol. The zero-order valence-electron chi connectivity index (χ0n) is 16.0. The van der Waals surface area contributed by atoms with Gasteiger partial charge in [0.2, 0.25) is 0 Å². The summed E-state index contributed by atoms with van der Waals surface area (Å²) in [7, 11) is 0.0966. The highest BCUT2D eigenvalue weighted by atomic mass is 28.4. The fourth-order valence-corrected chi connectivity index (χ4v) is 3.54. The maximum Gasteiger partial charge on any atom is 0.192 e. The van der Waals surface area contributed by atoms with Crippen molar-refractivity contribution in [1.29, 1.82) is 0 Å². The van der Waals surface area contributed by atoms with Gasteiger partial charge in [-0.25, -0.2) is 0 Å². The van der Waals surface area contributed by atoms with E-state index in [0.717, 1.165) is 26.1 Å². The Balaban J connectivity index is 2.85. The van der Waals surface area contributed by atoms with Crippen molar-refractivity contribution in [2.75, 3.05) is 20.3 Å². The number of hydrogen-bond donors (Lipinski definition) is 0. The van der Waals surface area contributed by atoms with E-state index in [4.69, 9.17) is 9.16 Å². The molecule has 0 amide bonds. The van der Waals surface area contributed by atoms with Gasteiger partial charge >= 0.3 is 0 Å². The second-order valence-corrected chi connectivity index (χ2v) is 13.2. The largest absolute Gasteiger partial charge is 0.416 e. The van der Waals surface area contributed by atoms with Crippen LogP contribution in [-0.4, -0.2) is 28.6 Å². The van der Waals surface area contributed by atoms with E-state index in [-0.39, 0.29) is 5.04 Å². The van der Waals surface area contributed by atoms with E-state index in [1.54, 1.807) is 12.7 Å². The van der Waals surface area contributed by atoms with E-state index in [1.165, 1.54) is 5.57 Å². The van der Waals surface area contributed by atoms with E-state index < -0.39 is 8.32 Å². The third-order valence-electron chi connectivity index (χ3n) is 5.13. The van der Waals surface area contributed by atoms with Gasteiger partial charge in [-0.3, -0.25) is 0 Å². The van der Waals surface area contributed by atoms with Crippen molar-refractivity contribution in [1.82, 2.24) is 0 Å². The number of ether oxygens (including phenoxy) is 1. The van der Waals surface area contributed by atoms with E-state index >= 15 is 0 Å². The predicted octanol–water partition coefficient (Wildman–Crippen LogP) is 5.57. The van der Waals surface area contributed by atoms with Crippen molar-refractivity contribution in [2.24, 2.45) is 11.8 Å². The van der Waals surface area contributed by atoms with E-state index in [1.807, 2.05) is 0 Å². The first kappa shape index (κ1) is 19.7. The lowest BCUT2D eigenvalue weighted by Crippen LogP contribution is -2.41. The monoisotopic (exact) mass is 324 g/mol. The average Bonchev–Trinajstić information content (AvgIpc) is 2.58. The Morgan fingerprint density at radius 1 is 1.18 bits per heavy atom. The summed E-state index contributed by atoms with van der Waals surface area (Å²) in [5.41, 5.74) is 2.98. The first-order valence-electron chi connectivity index (χ1n) is 8.60. The summed E-state index contributed by atoms with van der Waals surface area (Å²) in [6.07, 6.45) is 7.10. The predicted molar refractivity (Wildman–Crippen MR) is 98.8 cm³/mol. The van der Waals surface area contributed by atoms with Gasteiger partial charge in [-0.15, -0.1) is 0 Å². The van der Waals surface area contributed by atoms with Gasteiger partial charge < -0.3 is 9.16 Å². The molecule has 0 aromatic heterocycles. The molecule has 0 radical (unpaired) electrons. The minimum atomic E-state index is -1.68. The first-order chi connectivity index (χ1) is 10.1. The zero-order chi connectivity index (χ0) is 17.0. The van der Waals surface area contributed by atoms with Gasteiger partial charge in [0.25, 0.3) is 0 Å². The second-order valence-electron chi connectivity index (χ2n) is 8.39. The molecule has 0 aromatic rings. The van der Waals surface area contributed by atoms with Crippen molar-refractivity contribution in [3.05, 3.63) is 23.3 Å². The van der Waals surface area contributed by atoms with Crippen LogP contribution in [0.15, 0.2) is 23.3 Å². The van der Waals surface area contributed by atoms with Gasteiger partial charge in [0.15, 0.2) is 8.32 Å². The Hall–Kier alpha value is -0.383. The maximum atomic E-state index is 6.45. The second kappa shape index (κ2) is 7.94. The van der Waals surface area contributed by atoms with Gasteiger partial charge in [0, 0.05) is 19.6 Å². The molecule has 0 bridgehead atoms. The fourth-order valence-electron chi connectivity index (χ4n) is 2.50. The van der Waals surface area contributed by atoms with Crippen LogP contribution in [0.3, 0.4) is 0 Å². The van der Waals surface area contributed by atoms with Crippen molar-refractivity contribution in [2.45, 2.75) is 65.6 Å². The minimum Gasteiger partial charge on any atom is -0.416 e. The molecule has 1 rings (SSSR count). The lowest BCUT2D eigenvalue weighted by atomic mass is 9.96. The van der Waals surface area contributed by atoms with Gasteiger partial charge in [-0.1, -0.05) is 52.3 Å². The zero-order valence-corrected chi connectivity index (χ0v) is 17.0. The van der Waals surface area contributed by atoms with Crippen LogP contribution < -0.4 is 0 Å². The Morgan fingerprint density at radius 3 is 2.32 bits per heavy atom. The highest BCUT2D eigenvalue weighted by Crippen LogP contribution is 2.37. The highest BCUT2D eigenvalue weighted by Gasteiger charge is 2.37. The molecule has 0 heterocycles. The molecule has 1 unspecified atom stereocenters. The van der Waals surface area contributed by atoms with Crippen LogP contribution in [0.5, 0.6) is 0 Å². The molecule has 0 fully saturated rings. The van der Waals surface area contributed by atoms with Crippen molar-refractivity contribution >= 4 is 8.32 Å². The lowest BCUT2D eigenvalue weighted by Gasteiger charge is -2.37. The molecule has 22 heavy (non-hydrogen) atoms. The van der Waals surface area contributed by atoms with Gasteiger partial charge in [0.1, 0.15) is 0 Å². The summed E-state index contributed by atoms with van der Waals surface area (Å²) in [6, 6.07) is 0. The summed E-state index contributed by atoms with van der Waals surface area (Å²) in [5.74, 6) is 1.00. The van der Waals surface area contributed by atoms with Crippen LogP contribution in [0.1, 0.15) is 47.5 Å². The van der Waals surface area contributed by atoms with Gasteiger partial charge in [-0.2, -0.15) is 0 Å². The molecular formula is C19H36O2Si. The molecule has 1 aliphatic carbocycles. The normalized spacial score (nSPS) is 20.7. The SMILES string of the molecule is COCC1=CC(CO[Si](C)(C)C(C)(C)C)C=C(C(C)C)CC1. The number of allylic oxidation sites excluding steroid dienone is 1. The molecule has 2 nitrogen and oxygen atoms in total.